The van der Waals surface area contributed by atoms with E-state index in [1.165, 1.54) is 44.1 Å². The van der Waals surface area contributed by atoms with Crippen molar-refractivity contribution < 1.29 is 9.90 Å². The molecule has 0 radical (unpaired) electrons. The summed E-state index contributed by atoms with van der Waals surface area (Å²) in [6.45, 7) is 2.88. The third kappa shape index (κ3) is 2.63. The van der Waals surface area contributed by atoms with Gasteiger partial charge in [0.25, 0.3) is 5.91 Å². The Hall–Kier alpha value is -1.58. The lowest BCUT2D eigenvalue weighted by atomic mass is 9.83. The molecule has 4 nitrogen and oxygen atoms in total. The zero-order chi connectivity index (χ0) is 13.0. The number of amides is 1. The van der Waals surface area contributed by atoms with Gasteiger partial charge in [0.15, 0.2) is 0 Å². The van der Waals surface area contributed by atoms with Gasteiger partial charge in [0.1, 0.15) is 5.75 Å². The molecule has 1 aromatic rings. The lowest BCUT2D eigenvalue weighted by molar-refractivity contribution is 0.0926. The third-order valence-corrected chi connectivity index (χ3v) is 4.08. The number of rotatable bonds is 4. The number of aromatic hydroxyl groups is 1. The van der Waals surface area contributed by atoms with Crippen LogP contribution in [0.3, 0.4) is 0 Å². The molecule has 1 amide bonds. The van der Waals surface area contributed by atoms with E-state index in [-0.39, 0.29) is 17.1 Å². The number of nitrogens with one attached hydrogen (secondary N) is 1. The fraction of sp³-hybridized carbons (Fsp3) is 0.571. The van der Waals surface area contributed by atoms with Gasteiger partial charge in [-0.05, 0) is 30.7 Å². The molecule has 0 bridgehead atoms. The van der Waals surface area contributed by atoms with Gasteiger partial charge >= 0.3 is 0 Å². The lowest BCUT2D eigenvalue weighted by Gasteiger charge is -2.27. The van der Waals surface area contributed by atoms with Crippen molar-refractivity contribution in [1.29, 1.82) is 0 Å². The average Bonchev–Trinajstić information content (AvgIpc) is 2.86. The van der Waals surface area contributed by atoms with Crippen LogP contribution in [0.25, 0.3) is 0 Å². The van der Waals surface area contributed by atoms with E-state index in [1.54, 1.807) is 0 Å². The SMILES string of the molecule is CCC1(CNC(=O)c2ccncc2O)CCCC1. The number of hydrogen-bond donors (Lipinski definition) is 2. The van der Waals surface area contributed by atoms with Crippen molar-refractivity contribution in [2.24, 2.45) is 5.41 Å². The van der Waals surface area contributed by atoms with E-state index in [0.717, 1.165) is 6.42 Å². The zero-order valence-corrected chi connectivity index (χ0v) is 10.8. The second kappa shape index (κ2) is 5.38. The van der Waals surface area contributed by atoms with Gasteiger partial charge in [-0.25, -0.2) is 0 Å². The van der Waals surface area contributed by atoms with Gasteiger partial charge in [-0.2, -0.15) is 0 Å². The number of aromatic nitrogens is 1. The molecule has 0 atom stereocenters. The number of carbonyl (C=O) groups is 1. The molecule has 98 valence electrons. The Labute approximate surface area is 107 Å². The number of carbonyl (C=O) groups excluding carboxylic acids is 1. The van der Waals surface area contributed by atoms with Crippen LogP contribution in [-0.2, 0) is 0 Å². The van der Waals surface area contributed by atoms with E-state index >= 15 is 0 Å². The van der Waals surface area contributed by atoms with Crippen LogP contribution < -0.4 is 5.32 Å². The molecule has 18 heavy (non-hydrogen) atoms. The molecule has 0 spiro atoms. The summed E-state index contributed by atoms with van der Waals surface area (Å²) in [6, 6.07) is 1.54. The normalized spacial score (nSPS) is 17.6. The predicted molar refractivity (Wildman–Crippen MR) is 69.4 cm³/mol. The van der Waals surface area contributed by atoms with Gasteiger partial charge in [0.2, 0.25) is 0 Å². The van der Waals surface area contributed by atoms with Crippen molar-refractivity contribution in [1.82, 2.24) is 10.3 Å². The Morgan fingerprint density at radius 2 is 2.22 bits per heavy atom. The van der Waals surface area contributed by atoms with Crippen molar-refractivity contribution in [3.63, 3.8) is 0 Å². The van der Waals surface area contributed by atoms with Gasteiger partial charge < -0.3 is 10.4 Å². The van der Waals surface area contributed by atoms with E-state index in [1.807, 2.05) is 0 Å². The summed E-state index contributed by atoms with van der Waals surface area (Å²) < 4.78 is 0. The standard InChI is InChI=1S/C14H20N2O2/c1-2-14(6-3-4-7-14)10-16-13(18)11-5-8-15-9-12(11)17/h5,8-9,17H,2-4,6-7,10H2,1H3,(H,16,18). The fourth-order valence-electron chi connectivity index (χ4n) is 2.72. The third-order valence-electron chi connectivity index (χ3n) is 4.08. The van der Waals surface area contributed by atoms with Crippen LogP contribution in [0.2, 0.25) is 0 Å². The summed E-state index contributed by atoms with van der Waals surface area (Å²) in [4.78, 5) is 15.7. The molecule has 0 saturated heterocycles. The summed E-state index contributed by atoms with van der Waals surface area (Å²) in [7, 11) is 0. The Bertz CT molecular complexity index is 426. The van der Waals surface area contributed by atoms with Crippen LogP contribution in [-0.4, -0.2) is 22.5 Å². The summed E-state index contributed by atoms with van der Waals surface area (Å²) in [5.41, 5.74) is 0.562. The van der Waals surface area contributed by atoms with Gasteiger partial charge in [0, 0.05) is 12.7 Å². The number of pyridine rings is 1. The van der Waals surface area contributed by atoms with Crippen molar-refractivity contribution in [2.75, 3.05) is 6.54 Å². The van der Waals surface area contributed by atoms with E-state index in [2.05, 4.69) is 17.2 Å². The first-order chi connectivity index (χ1) is 8.67. The molecule has 1 aromatic heterocycles. The predicted octanol–water partition coefficient (Wildman–Crippen LogP) is 2.49. The molecular weight excluding hydrogens is 228 g/mol. The Kier molecular flexibility index (Phi) is 3.84. The molecular formula is C14H20N2O2. The first-order valence-electron chi connectivity index (χ1n) is 6.58. The highest BCUT2D eigenvalue weighted by Gasteiger charge is 2.32. The Morgan fingerprint density at radius 1 is 1.50 bits per heavy atom. The quantitative estimate of drug-likeness (QED) is 0.860. The molecule has 1 aliphatic carbocycles. The van der Waals surface area contributed by atoms with E-state index < -0.39 is 0 Å². The number of nitrogens with zero attached hydrogens (tertiary/aromatic N) is 1. The molecule has 1 heterocycles. The molecule has 1 fully saturated rings. The highest BCUT2D eigenvalue weighted by molar-refractivity contribution is 5.96. The van der Waals surface area contributed by atoms with Gasteiger partial charge in [-0.3, -0.25) is 9.78 Å². The summed E-state index contributed by atoms with van der Waals surface area (Å²) in [6.07, 6.45) is 8.78. The minimum atomic E-state index is -0.213. The second-order valence-corrected chi connectivity index (χ2v) is 5.14. The van der Waals surface area contributed by atoms with Gasteiger partial charge in [-0.15, -0.1) is 0 Å². The largest absolute Gasteiger partial charge is 0.505 e. The average molecular weight is 248 g/mol. The highest BCUT2D eigenvalue weighted by Crippen LogP contribution is 2.40. The molecule has 2 N–H and O–H groups in total. The maximum Gasteiger partial charge on any atom is 0.255 e. The maximum absolute atomic E-state index is 12.0. The van der Waals surface area contributed by atoms with Crippen molar-refractivity contribution >= 4 is 5.91 Å². The van der Waals surface area contributed by atoms with E-state index in [9.17, 15) is 9.90 Å². The summed E-state index contributed by atoms with van der Waals surface area (Å²) in [5, 5.41) is 12.5. The minimum absolute atomic E-state index is 0.0630. The smallest absolute Gasteiger partial charge is 0.255 e. The van der Waals surface area contributed by atoms with Crippen molar-refractivity contribution in [3.05, 3.63) is 24.0 Å². The highest BCUT2D eigenvalue weighted by atomic mass is 16.3. The summed E-state index contributed by atoms with van der Waals surface area (Å²) >= 11 is 0. The first-order valence-corrected chi connectivity index (χ1v) is 6.58. The molecule has 0 aliphatic heterocycles. The lowest BCUT2D eigenvalue weighted by Crippen LogP contribution is -2.35. The molecule has 1 aliphatic rings. The van der Waals surface area contributed by atoms with Crippen molar-refractivity contribution in [2.45, 2.75) is 39.0 Å². The summed E-state index contributed by atoms with van der Waals surface area (Å²) in [5.74, 6) is -0.276. The molecule has 0 aromatic carbocycles. The molecule has 1 saturated carbocycles. The van der Waals surface area contributed by atoms with Crippen LogP contribution in [0.1, 0.15) is 49.4 Å². The Balaban J connectivity index is 1.98. The molecule has 4 heteroatoms. The number of hydrogen-bond acceptors (Lipinski definition) is 3. The van der Waals surface area contributed by atoms with Crippen molar-refractivity contribution in [3.8, 4) is 5.75 Å². The van der Waals surface area contributed by atoms with Gasteiger partial charge in [-0.1, -0.05) is 19.8 Å². The zero-order valence-electron chi connectivity index (χ0n) is 10.8. The van der Waals surface area contributed by atoms with Crippen LogP contribution in [0.15, 0.2) is 18.5 Å². The topological polar surface area (TPSA) is 62.2 Å². The molecule has 0 unspecified atom stereocenters. The van der Waals surface area contributed by atoms with Gasteiger partial charge in [0.05, 0.1) is 11.8 Å². The minimum Gasteiger partial charge on any atom is -0.505 e. The van der Waals surface area contributed by atoms with Crippen LogP contribution in [0.5, 0.6) is 5.75 Å². The van der Waals surface area contributed by atoms with Crippen LogP contribution in [0.4, 0.5) is 0 Å². The van der Waals surface area contributed by atoms with Crippen LogP contribution >= 0.6 is 0 Å². The monoisotopic (exact) mass is 248 g/mol. The fourth-order valence-corrected chi connectivity index (χ4v) is 2.72. The Morgan fingerprint density at radius 3 is 2.83 bits per heavy atom. The maximum atomic E-state index is 12.0. The van der Waals surface area contributed by atoms with E-state index in [4.69, 9.17) is 0 Å². The molecule has 2 rings (SSSR count). The van der Waals surface area contributed by atoms with E-state index in [0.29, 0.717) is 12.1 Å². The first kappa shape index (κ1) is 12.9. The van der Waals surface area contributed by atoms with Crippen LogP contribution in [0, 0.1) is 5.41 Å². The second-order valence-electron chi connectivity index (χ2n) is 5.14.